The van der Waals surface area contributed by atoms with Crippen molar-refractivity contribution >= 4 is 11.7 Å². The van der Waals surface area contributed by atoms with Crippen molar-refractivity contribution in [2.45, 2.75) is 38.3 Å². The lowest BCUT2D eigenvalue weighted by Crippen LogP contribution is -2.53. The molecule has 2 fully saturated rings. The minimum atomic E-state index is -0.0719. The van der Waals surface area contributed by atoms with Crippen LogP contribution in [0.5, 0.6) is 5.75 Å². The van der Waals surface area contributed by atoms with Crippen molar-refractivity contribution < 1.29 is 14.3 Å². The average molecular weight is 526 g/mol. The molecule has 0 bridgehead atoms. The lowest BCUT2D eigenvalue weighted by atomic mass is 9.88. The van der Waals surface area contributed by atoms with Gasteiger partial charge in [0.1, 0.15) is 11.4 Å². The molecule has 0 unspecified atom stereocenters. The second kappa shape index (κ2) is 12.2. The van der Waals surface area contributed by atoms with E-state index in [1.165, 1.54) is 5.56 Å². The summed E-state index contributed by atoms with van der Waals surface area (Å²) >= 11 is 0. The lowest BCUT2D eigenvalue weighted by Gasteiger charge is -2.42. The van der Waals surface area contributed by atoms with E-state index in [9.17, 15) is 9.59 Å². The third-order valence-electron chi connectivity index (χ3n) is 7.98. The van der Waals surface area contributed by atoms with Gasteiger partial charge in [-0.05, 0) is 79.8 Å². The average Bonchev–Trinajstić information content (AvgIpc) is 3.01. The molecule has 3 heterocycles. The number of amides is 1. The van der Waals surface area contributed by atoms with Gasteiger partial charge in [0.25, 0.3) is 5.91 Å². The van der Waals surface area contributed by atoms with E-state index in [2.05, 4.69) is 16.4 Å². The predicted octanol–water partition coefficient (Wildman–Crippen LogP) is 3.87. The molecule has 0 radical (unpaired) electrons. The third kappa shape index (κ3) is 6.15. The maximum Gasteiger partial charge on any atom is 0.271 e. The van der Waals surface area contributed by atoms with Crippen molar-refractivity contribution in [3.63, 3.8) is 0 Å². The zero-order valence-electron chi connectivity index (χ0n) is 22.4. The largest absolute Gasteiger partial charge is 0.497 e. The molecule has 39 heavy (non-hydrogen) atoms. The number of methoxy groups -OCH3 is 1. The topological polar surface area (TPSA) is 88.9 Å². The minimum absolute atomic E-state index is 0.0159. The molecule has 0 spiro atoms. The van der Waals surface area contributed by atoms with Gasteiger partial charge in [-0.3, -0.25) is 19.5 Å². The summed E-state index contributed by atoms with van der Waals surface area (Å²) in [6.07, 6.45) is 8.88. The molecule has 5 rings (SSSR count). The zero-order chi connectivity index (χ0) is 27.2. The molecule has 0 aliphatic carbocycles. The number of nitrogens with zero attached hydrogens (tertiary/aromatic N) is 4. The van der Waals surface area contributed by atoms with E-state index < -0.39 is 0 Å². The molecule has 8 heteroatoms. The van der Waals surface area contributed by atoms with Gasteiger partial charge in [0.05, 0.1) is 24.8 Å². The van der Waals surface area contributed by atoms with Crippen molar-refractivity contribution in [1.82, 2.24) is 20.2 Å². The van der Waals surface area contributed by atoms with E-state index in [4.69, 9.17) is 10.00 Å². The van der Waals surface area contributed by atoms with Gasteiger partial charge >= 0.3 is 0 Å². The molecule has 202 valence electrons. The Bertz CT molecular complexity index is 1260. The SMILES string of the molecule is COc1ccc(C(=O)C2CCN(C(=O)C3=CC=CNN3C3CCN(Cc4ccc(C#N)cc4)CC3)CC2)cc1. The molecular formula is C31H35N5O3. The van der Waals surface area contributed by atoms with Crippen LogP contribution in [0.25, 0.3) is 0 Å². The summed E-state index contributed by atoms with van der Waals surface area (Å²) in [7, 11) is 1.61. The molecule has 0 atom stereocenters. The van der Waals surface area contributed by atoms with E-state index in [0.29, 0.717) is 42.8 Å². The second-order valence-electron chi connectivity index (χ2n) is 10.4. The van der Waals surface area contributed by atoms with E-state index in [1.807, 2.05) is 76.8 Å². The van der Waals surface area contributed by atoms with Crippen molar-refractivity contribution in [1.29, 1.82) is 5.26 Å². The summed E-state index contributed by atoms with van der Waals surface area (Å²) in [5.74, 6) is 0.817. The molecule has 8 nitrogen and oxygen atoms in total. The highest BCUT2D eigenvalue weighted by atomic mass is 16.5. The minimum Gasteiger partial charge on any atom is -0.497 e. The second-order valence-corrected chi connectivity index (χ2v) is 10.4. The fourth-order valence-electron chi connectivity index (χ4n) is 5.67. The number of likely N-dealkylation sites (tertiary alicyclic amines) is 2. The van der Waals surface area contributed by atoms with Crippen LogP contribution in [0.15, 0.2) is 72.6 Å². The molecule has 1 N–H and O–H groups in total. The number of nitrogens with one attached hydrogen (secondary N) is 1. The van der Waals surface area contributed by atoms with E-state index in [1.54, 1.807) is 7.11 Å². The quantitative estimate of drug-likeness (QED) is 0.549. The maximum atomic E-state index is 13.6. The Labute approximate surface area is 230 Å². The summed E-state index contributed by atoms with van der Waals surface area (Å²) in [4.78, 5) is 30.9. The highest BCUT2D eigenvalue weighted by Crippen LogP contribution is 2.27. The Kier molecular flexibility index (Phi) is 8.28. The monoisotopic (exact) mass is 525 g/mol. The number of hydrazine groups is 1. The van der Waals surface area contributed by atoms with Gasteiger partial charge in [-0.2, -0.15) is 5.26 Å². The molecule has 2 aromatic carbocycles. The molecule has 3 aliphatic rings. The Morgan fingerprint density at radius 2 is 1.67 bits per heavy atom. The van der Waals surface area contributed by atoms with Gasteiger partial charge in [-0.25, -0.2) is 0 Å². The smallest absolute Gasteiger partial charge is 0.271 e. The van der Waals surface area contributed by atoms with Gasteiger partial charge in [0.2, 0.25) is 0 Å². The molecule has 0 saturated carbocycles. The number of benzene rings is 2. The zero-order valence-corrected chi connectivity index (χ0v) is 22.4. The summed E-state index contributed by atoms with van der Waals surface area (Å²) in [6, 6.07) is 17.4. The van der Waals surface area contributed by atoms with Gasteiger partial charge in [0, 0.05) is 50.4 Å². The van der Waals surface area contributed by atoms with Crippen LogP contribution in [0.1, 0.15) is 47.2 Å². The first-order chi connectivity index (χ1) is 19.1. The van der Waals surface area contributed by atoms with Crippen LogP contribution in [-0.4, -0.2) is 65.8 Å². The van der Waals surface area contributed by atoms with Crippen LogP contribution in [-0.2, 0) is 11.3 Å². The van der Waals surface area contributed by atoms with Crippen LogP contribution in [0.4, 0.5) is 0 Å². The Balaban J connectivity index is 1.14. The highest BCUT2D eigenvalue weighted by molar-refractivity contribution is 5.98. The molecule has 1 amide bonds. The highest BCUT2D eigenvalue weighted by Gasteiger charge is 2.34. The maximum absolute atomic E-state index is 13.6. The fourth-order valence-corrected chi connectivity index (χ4v) is 5.67. The van der Waals surface area contributed by atoms with E-state index >= 15 is 0 Å². The van der Waals surface area contributed by atoms with Crippen molar-refractivity contribution in [2.75, 3.05) is 33.3 Å². The van der Waals surface area contributed by atoms with E-state index in [0.717, 1.165) is 38.2 Å². The summed E-state index contributed by atoms with van der Waals surface area (Å²) in [5, 5.41) is 11.1. The Hall–Kier alpha value is -4.09. The van der Waals surface area contributed by atoms with Gasteiger partial charge in [-0.1, -0.05) is 12.1 Å². The van der Waals surface area contributed by atoms with Gasteiger partial charge < -0.3 is 15.1 Å². The number of nitriles is 1. The van der Waals surface area contributed by atoms with Crippen LogP contribution in [0.2, 0.25) is 0 Å². The number of allylic oxidation sites excluding steroid dienone is 2. The summed E-state index contributed by atoms with van der Waals surface area (Å²) in [6.45, 7) is 3.88. The normalized spacial score (nSPS) is 18.7. The van der Waals surface area contributed by atoms with Crippen molar-refractivity contribution in [2.24, 2.45) is 5.92 Å². The number of hydrogen-bond acceptors (Lipinski definition) is 7. The van der Waals surface area contributed by atoms with Crippen molar-refractivity contribution in [3.05, 3.63) is 89.3 Å². The molecule has 2 saturated heterocycles. The first-order valence-electron chi connectivity index (χ1n) is 13.7. The van der Waals surface area contributed by atoms with Crippen molar-refractivity contribution in [3.8, 4) is 11.8 Å². The third-order valence-corrected chi connectivity index (χ3v) is 7.98. The number of carbonyl (C=O) groups is 2. The molecular weight excluding hydrogens is 490 g/mol. The van der Waals surface area contributed by atoms with Crippen LogP contribution in [0, 0.1) is 17.2 Å². The number of rotatable bonds is 7. The van der Waals surface area contributed by atoms with Crippen LogP contribution >= 0.6 is 0 Å². The summed E-state index contributed by atoms with van der Waals surface area (Å²) in [5.41, 5.74) is 6.57. The van der Waals surface area contributed by atoms with Crippen LogP contribution in [0.3, 0.4) is 0 Å². The van der Waals surface area contributed by atoms with E-state index in [-0.39, 0.29) is 23.7 Å². The number of hydrogen-bond donors (Lipinski definition) is 1. The number of carbonyl (C=O) groups excluding carboxylic acids is 2. The first kappa shape index (κ1) is 26.5. The number of ketones is 1. The number of ether oxygens (including phenoxy) is 1. The standard InChI is InChI=1S/C31H35N5O3/c1-39-28-10-8-25(9-11-28)30(37)26-12-19-35(20-13-26)31(38)29-3-2-16-33-36(29)27-14-17-34(18-15-27)22-24-6-4-23(21-32)5-7-24/h2-11,16,26-27,33H,12-15,17-20,22H2,1H3. The Morgan fingerprint density at radius 1 is 0.974 bits per heavy atom. The molecule has 2 aromatic rings. The molecule has 0 aromatic heterocycles. The Morgan fingerprint density at radius 3 is 2.31 bits per heavy atom. The number of piperidine rings is 2. The molecule has 3 aliphatic heterocycles. The first-order valence-corrected chi connectivity index (χ1v) is 13.7. The lowest BCUT2D eigenvalue weighted by molar-refractivity contribution is -0.131. The fraction of sp³-hybridized carbons (Fsp3) is 0.387. The number of Topliss-reactive ketones (excluding diaryl/α,β-unsaturated/α-hetero) is 1. The predicted molar refractivity (Wildman–Crippen MR) is 148 cm³/mol. The van der Waals surface area contributed by atoms with Gasteiger partial charge in [0.15, 0.2) is 5.78 Å². The van der Waals surface area contributed by atoms with Crippen LogP contribution < -0.4 is 10.2 Å². The summed E-state index contributed by atoms with van der Waals surface area (Å²) < 4.78 is 5.20. The van der Waals surface area contributed by atoms with Gasteiger partial charge in [-0.15, -0.1) is 0 Å².